The van der Waals surface area contributed by atoms with Crippen LogP contribution < -0.4 is 0 Å². The molecule has 0 aliphatic carbocycles. The number of ether oxygens (including phenoxy) is 1. The van der Waals surface area contributed by atoms with E-state index in [1.54, 1.807) is 20.8 Å². The summed E-state index contributed by atoms with van der Waals surface area (Å²) in [6.45, 7) is 5.39. The molecule has 0 aliphatic heterocycles. The summed E-state index contributed by atoms with van der Waals surface area (Å²) in [5.41, 5.74) is 0. The van der Waals surface area contributed by atoms with Crippen molar-refractivity contribution in [2.24, 2.45) is 0 Å². The zero-order chi connectivity index (χ0) is 12.6. The number of hydrogen-bond donors (Lipinski definition) is 0. The van der Waals surface area contributed by atoms with Gasteiger partial charge in [-0.05, 0) is 39.4 Å². The molecule has 0 aromatic rings. The number of halogens is 2. The highest BCUT2D eigenvalue weighted by Crippen LogP contribution is 2.16. The van der Waals surface area contributed by atoms with E-state index in [4.69, 9.17) is 4.74 Å². The number of thioether (sulfide) groups is 1. The predicted molar refractivity (Wildman–Crippen MR) is 63.0 cm³/mol. The van der Waals surface area contributed by atoms with E-state index in [-0.39, 0.29) is 23.7 Å². The lowest BCUT2D eigenvalue weighted by atomic mass is 10.3. The van der Waals surface area contributed by atoms with Gasteiger partial charge in [-0.1, -0.05) is 0 Å². The standard InChI is InChI=1S/C11H20F2O2S/c1-8(2)15-11(14)9(3)16-7-5-4-6-10(12)13/h8-10H,4-7H2,1-3H3. The molecule has 2 nitrogen and oxygen atoms in total. The van der Waals surface area contributed by atoms with Crippen LogP contribution in [0, 0.1) is 0 Å². The molecule has 5 heteroatoms. The first-order valence-electron chi connectivity index (χ1n) is 5.53. The molecule has 1 unspecified atom stereocenters. The van der Waals surface area contributed by atoms with E-state index in [1.165, 1.54) is 11.8 Å². The van der Waals surface area contributed by atoms with Crippen LogP contribution in [0.5, 0.6) is 0 Å². The molecule has 0 saturated carbocycles. The van der Waals surface area contributed by atoms with Crippen molar-refractivity contribution in [1.29, 1.82) is 0 Å². The normalized spacial score (nSPS) is 13.2. The fraction of sp³-hybridized carbons (Fsp3) is 0.909. The van der Waals surface area contributed by atoms with Crippen molar-refractivity contribution in [2.45, 2.75) is 57.8 Å². The number of esters is 1. The second-order valence-corrected chi connectivity index (χ2v) is 5.33. The Kier molecular flexibility index (Phi) is 8.61. The lowest BCUT2D eigenvalue weighted by molar-refractivity contribution is -0.146. The summed E-state index contributed by atoms with van der Waals surface area (Å²) in [5.74, 6) is 0.495. The van der Waals surface area contributed by atoms with Crippen LogP contribution >= 0.6 is 11.8 Å². The predicted octanol–water partition coefficient (Wildman–Crippen LogP) is 3.50. The van der Waals surface area contributed by atoms with Gasteiger partial charge in [0, 0.05) is 6.42 Å². The number of rotatable bonds is 8. The maximum Gasteiger partial charge on any atom is 0.319 e. The fourth-order valence-corrected chi connectivity index (χ4v) is 1.97. The van der Waals surface area contributed by atoms with Gasteiger partial charge in [-0.25, -0.2) is 8.78 Å². The highest BCUT2D eigenvalue weighted by atomic mass is 32.2. The smallest absolute Gasteiger partial charge is 0.319 e. The maximum atomic E-state index is 11.8. The van der Waals surface area contributed by atoms with Gasteiger partial charge in [0.05, 0.1) is 11.4 Å². The molecule has 0 bridgehead atoms. The van der Waals surface area contributed by atoms with Crippen LogP contribution in [0.2, 0.25) is 0 Å². The van der Waals surface area contributed by atoms with E-state index in [2.05, 4.69) is 0 Å². The molecule has 0 fully saturated rings. The van der Waals surface area contributed by atoms with E-state index >= 15 is 0 Å². The SMILES string of the molecule is CC(C)OC(=O)C(C)SCCCCC(F)F. The highest BCUT2D eigenvalue weighted by molar-refractivity contribution is 8.00. The first-order chi connectivity index (χ1) is 7.43. The van der Waals surface area contributed by atoms with Gasteiger partial charge in [-0.2, -0.15) is 0 Å². The van der Waals surface area contributed by atoms with Crippen molar-refractivity contribution in [1.82, 2.24) is 0 Å². The Morgan fingerprint density at radius 2 is 1.88 bits per heavy atom. The summed E-state index contributed by atoms with van der Waals surface area (Å²) in [6, 6.07) is 0. The van der Waals surface area contributed by atoms with Gasteiger partial charge >= 0.3 is 5.97 Å². The van der Waals surface area contributed by atoms with Gasteiger partial charge in [-0.15, -0.1) is 11.8 Å². The summed E-state index contributed by atoms with van der Waals surface area (Å²) in [5, 5.41) is -0.214. The molecule has 0 aliphatic rings. The molecule has 0 amide bonds. The van der Waals surface area contributed by atoms with Gasteiger partial charge in [-0.3, -0.25) is 4.79 Å². The lowest BCUT2D eigenvalue weighted by Crippen LogP contribution is -2.21. The van der Waals surface area contributed by atoms with Crippen molar-refractivity contribution in [2.75, 3.05) is 5.75 Å². The molecular formula is C11H20F2O2S. The third-order valence-corrected chi connectivity index (χ3v) is 3.09. The molecule has 0 radical (unpaired) electrons. The second kappa shape index (κ2) is 8.79. The first kappa shape index (κ1) is 15.7. The summed E-state index contributed by atoms with van der Waals surface area (Å²) in [7, 11) is 0. The molecule has 1 atom stereocenters. The quantitative estimate of drug-likeness (QED) is 0.490. The van der Waals surface area contributed by atoms with Crippen LogP contribution in [0.15, 0.2) is 0 Å². The number of hydrogen-bond acceptors (Lipinski definition) is 3. The van der Waals surface area contributed by atoms with Crippen molar-refractivity contribution in [3.63, 3.8) is 0 Å². The zero-order valence-corrected chi connectivity index (χ0v) is 10.9. The number of unbranched alkanes of at least 4 members (excludes halogenated alkanes) is 1. The fourth-order valence-electron chi connectivity index (χ4n) is 1.06. The molecule has 0 aromatic heterocycles. The molecular weight excluding hydrogens is 234 g/mol. The van der Waals surface area contributed by atoms with Gasteiger partial charge in [0.1, 0.15) is 0 Å². The Morgan fingerprint density at radius 3 is 2.38 bits per heavy atom. The second-order valence-electron chi connectivity index (χ2n) is 3.89. The maximum absolute atomic E-state index is 11.8. The monoisotopic (exact) mass is 254 g/mol. The summed E-state index contributed by atoms with van der Waals surface area (Å²) < 4.78 is 28.7. The first-order valence-corrected chi connectivity index (χ1v) is 6.58. The van der Waals surface area contributed by atoms with Crippen LogP contribution in [0.1, 0.15) is 40.0 Å². The molecule has 0 aromatic carbocycles. The Balaban J connectivity index is 3.49. The number of alkyl halides is 2. The largest absolute Gasteiger partial charge is 0.462 e. The Hall–Kier alpha value is -0.320. The van der Waals surface area contributed by atoms with Crippen LogP contribution in [0.25, 0.3) is 0 Å². The van der Waals surface area contributed by atoms with Crippen molar-refractivity contribution >= 4 is 17.7 Å². The van der Waals surface area contributed by atoms with Gasteiger partial charge < -0.3 is 4.74 Å². The van der Waals surface area contributed by atoms with Crippen LogP contribution in [0.4, 0.5) is 8.78 Å². The van der Waals surface area contributed by atoms with Crippen LogP contribution in [-0.2, 0) is 9.53 Å². The Bertz CT molecular complexity index is 198. The van der Waals surface area contributed by atoms with E-state index in [0.717, 1.165) is 5.75 Å². The van der Waals surface area contributed by atoms with E-state index in [9.17, 15) is 13.6 Å². The Labute approximate surface area is 100 Å². The minimum Gasteiger partial charge on any atom is -0.462 e. The summed E-state index contributed by atoms with van der Waals surface area (Å²) >= 11 is 1.46. The van der Waals surface area contributed by atoms with Crippen molar-refractivity contribution in [3.05, 3.63) is 0 Å². The minimum absolute atomic E-state index is 0.0502. The topological polar surface area (TPSA) is 26.3 Å². The van der Waals surface area contributed by atoms with E-state index in [0.29, 0.717) is 12.8 Å². The number of carbonyl (C=O) groups excluding carboxylic acids is 1. The molecule has 96 valence electrons. The molecule has 0 heterocycles. The molecule has 0 rings (SSSR count). The third-order valence-electron chi connectivity index (χ3n) is 1.87. The van der Waals surface area contributed by atoms with Gasteiger partial charge in [0.2, 0.25) is 6.43 Å². The molecule has 0 spiro atoms. The average Bonchev–Trinajstić information content (AvgIpc) is 2.15. The van der Waals surface area contributed by atoms with Gasteiger partial charge in [0.15, 0.2) is 0 Å². The summed E-state index contributed by atoms with van der Waals surface area (Å²) in [4.78, 5) is 11.4. The molecule has 0 saturated heterocycles. The summed E-state index contributed by atoms with van der Waals surface area (Å²) in [6.07, 6.45) is -1.14. The lowest BCUT2D eigenvalue weighted by Gasteiger charge is -2.13. The number of carbonyl (C=O) groups is 1. The Morgan fingerprint density at radius 1 is 1.25 bits per heavy atom. The van der Waals surface area contributed by atoms with Gasteiger partial charge in [0.25, 0.3) is 0 Å². The van der Waals surface area contributed by atoms with E-state index in [1.807, 2.05) is 0 Å². The van der Waals surface area contributed by atoms with Crippen LogP contribution in [0.3, 0.4) is 0 Å². The third kappa shape index (κ3) is 8.95. The minimum atomic E-state index is -2.21. The van der Waals surface area contributed by atoms with Crippen molar-refractivity contribution in [3.8, 4) is 0 Å². The molecule has 16 heavy (non-hydrogen) atoms. The highest BCUT2D eigenvalue weighted by Gasteiger charge is 2.15. The zero-order valence-electron chi connectivity index (χ0n) is 10.0. The van der Waals surface area contributed by atoms with Crippen molar-refractivity contribution < 1.29 is 18.3 Å². The van der Waals surface area contributed by atoms with E-state index < -0.39 is 6.43 Å². The molecule has 0 N–H and O–H groups in total. The van der Waals surface area contributed by atoms with Crippen LogP contribution in [-0.4, -0.2) is 29.5 Å². The average molecular weight is 254 g/mol.